The van der Waals surface area contributed by atoms with Crippen LogP contribution in [-0.2, 0) is 21.5 Å². The molecule has 0 atom stereocenters. The van der Waals surface area contributed by atoms with Crippen molar-refractivity contribution in [2.24, 2.45) is 0 Å². The van der Waals surface area contributed by atoms with E-state index in [0.29, 0.717) is 13.1 Å². The lowest BCUT2D eigenvalue weighted by Gasteiger charge is -2.26. The van der Waals surface area contributed by atoms with Gasteiger partial charge >= 0.3 is 0 Å². The van der Waals surface area contributed by atoms with Crippen LogP contribution in [-0.4, -0.2) is 29.8 Å². The van der Waals surface area contributed by atoms with Crippen LogP contribution in [0.2, 0.25) is 0 Å². The molecule has 1 fully saturated rings. The van der Waals surface area contributed by atoms with Crippen LogP contribution < -0.4 is 5.32 Å². The molecule has 0 unspecified atom stereocenters. The van der Waals surface area contributed by atoms with Gasteiger partial charge in [-0.15, -0.1) is 0 Å². The summed E-state index contributed by atoms with van der Waals surface area (Å²) < 4.78 is 13.9. The number of hydrogen-bond donors (Lipinski definition) is 1. The number of carbonyl (C=O) groups excluding carboxylic acids is 2. The van der Waals surface area contributed by atoms with E-state index in [1.807, 2.05) is 31.2 Å². The quantitative estimate of drug-likeness (QED) is 0.723. The van der Waals surface area contributed by atoms with Gasteiger partial charge in [0.15, 0.2) is 0 Å². The summed E-state index contributed by atoms with van der Waals surface area (Å²) >= 11 is 3.42. The smallest absolute Gasteiger partial charge is 0.239 e. The van der Waals surface area contributed by atoms with Crippen molar-refractivity contribution in [2.75, 3.05) is 13.1 Å². The van der Waals surface area contributed by atoms with Crippen LogP contribution in [0.1, 0.15) is 30.9 Å². The van der Waals surface area contributed by atoms with Gasteiger partial charge in [-0.2, -0.15) is 0 Å². The molecule has 1 aliphatic carbocycles. The van der Waals surface area contributed by atoms with Gasteiger partial charge in [0.05, 0.1) is 12.0 Å². The van der Waals surface area contributed by atoms with E-state index < -0.39 is 5.41 Å². The van der Waals surface area contributed by atoms with Crippen LogP contribution in [0.5, 0.6) is 0 Å². The molecule has 3 rings (SSSR count). The molecule has 2 aromatic rings. The van der Waals surface area contributed by atoms with Crippen LogP contribution in [0, 0.1) is 5.82 Å². The molecule has 0 saturated heterocycles. The molecule has 1 aliphatic rings. The lowest BCUT2D eigenvalue weighted by atomic mass is 9.94. The molecule has 1 saturated carbocycles. The van der Waals surface area contributed by atoms with E-state index in [0.717, 1.165) is 28.4 Å². The number of nitrogens with zero attached hydrogens (tertiary/aromatic N) is 1. The minimum Gasteiger partial charge on any atom is -0.350 e. The largest absolute Gasteiger partial charge is 0.350 e. The monoisotopic (exact) mass is 432 g/mol. The molecule has 0 heterocycles. The highest BCUT2D eigenvalue weighted by Crippen LogP contribution is 2.49. The lowest BCUT2D eigenvalue weighted by molar-refractivity contribution is -0.138. The van der Waals surface area contributed by atoms with Crippen molar-refractivity contribution in [1.29, 1.82) is 0 Å². The summed E-state index contributed by atoms with van der Waals surface area (Å²) in [5, 5.41) is 2.80. The number of halogens is 2. The average Bonchev–Trinajstić information content (AvgIpc) is 3.47. The lowest BCUT2D eigenvalue weighted by Crippen LogP contribution is -2.45. The number of amides is 2. The average molecular weight is 433 g/mol. The number of likely N-dealkylation sites (N-methyl/N-ethyl adjacent to an activating group) is 1. The Labute approximate surface area is 166 Å². The minimum absolute atomic E-state index is 0.00394. The summed E-state index contributed by atoms with van der Waals surface area (Å²) in [5.74, 6) is -0.527. The second-order valence-corrected chi connectivity index (χ2v) is 7.73. The number of nitrogens with one attached hydrogen (secondary N) is 1. The van der Waals surface area contributed by atoms with Gasteiger partial charge in [0.1, 0.15) is 5.82 Å². The fraction of sp³-hybridized carbons (Fsp3) is 0.333. The van der Waals surface area contributed by atoms with Crippen molar-refractivity contribution >= 4 is 27.7 Å². The van der Waals surface area contributed by atoms with Gasteiger partial charge in [-0.25, -0.2) is 4.39 Å². The maximum atomic E-state index is 13.1. The standard InChI is InChI=1S/C21H22BrFN2O2/c1-2-25(14-19(26)24-13-15-3-9-18(23)10-4-15)20(27)21(11-12-21)16-5-7-17(22)8-6-16/h3-10H,2,11-14H2,1H3,(H,24,26). The highest BCUT2D eigenvalue weighted by Gasteiger charge is 2.52. The topological polar surface area (TPSA) is 49.4 Å². The molecule has 0 spiro atoms. The predicted molar refractivity (Wildman–Crippen MR) is 106 cm³/mol. The second kappa shape index (κ2) is 8.21. The molecule has 0 bridgehead atoms. The first-order valence-electron chi connectivity index (χ1n) is 9.01. The Bertz CT molecular complexity index is 817. The van der Waals surface area contributed by atoms with Crippen molar-refractivity contribution in [3.8, 4) is 0 Å². The molecule has 1 N–H and O–H groups in total. The number of rotatable bonds is 7. The molecule has 0 aromatic heterocycles. The van der Waals surface area contributed by atoms with E-state index >= 15 is 0 Å². The van der Waals surface area contributed by atoms with Crippen LogP contribution in [0.4, 0.5) is 4.39 Å². The number of hydrogen-bond acceptors (Lipinski definition) is 2. The van der Waals surface area contributed by atoms with E-state index in [1.54, 1.807) is 17.0 Å². The summed E-state index contributed by atoms with van der Waals surface area (Å²) in [6.07, 6.45) is 1.61. The molecule has 2 aromatic carbocycles. The van der Waals surface area contributed by atoms with Gasteiger partial charge in [0.25, 0.3) is 0 Å². The van der Waals surface area contributed by atoms with Gasteiger partial charge in [-0.1, -0.05) is 40.2 Å². The molecule has 142 valence electrons. The van der Waals surface area contributed by atoms with Crippen molar-refractivity contribution in [1.82, 2.24) is 10.2 Å². The highest BCUT2D eigenvalue weighted by molar-refractivity contribution is 9.10. The Morgan fingerprint density at radius 1 is 1.11 bits per heavy atom. The Kier molecular flexibility index (Phi) is 5.95. The van der Waals surface area contributed by atoms with Gasteiger partial charge in [-0.3, -0.25) is 9.59 Å². The summed E-state index contributed by atoms with van der Waals surface area (Å²) in [4.78, 5) is 27.0. The molecule has 6 heteroatoms. The van der Waals surface area contributed by atoms with Crippen LogP contribution in [0.3, 0.4) is 0 Å². The third-order valence-electron chi connectivity index (χ3n) is 4.96. The normalized spacial score (nSPS) is 14.5. The van der Waals surface area contributed by atoms with E-state index in [9.17, 15) is 14.0 Å². The maximum absolute atomic E-state index is 13.1. The zero-order valence-electron chi connectivity index (χ0n) is 15.2. The fourth-order valence-electron chi connectivity index (χ4n) is 3.18. The summed E-state index contributed by atoms with van der Waals surface area (Å²) in [6.45, 7) is 2.68. The molecule has 4 nitrogen and oxygen atoms in total. The van der Waals surface area contributed by atoms with E-state index in [4.69, 9.17) is 0 Å². The van der Waals surface area contributed by atoms with Gasteiger partial charge in [-0.05, 0) is 55.2 Å². The Hall–Kier alpha value is -2.21. The van der Waals surface area contributed by atoms with Crippen molar-refractivity contribution in [3.05, 3.63) is 69.9 Å². The Morgan fingerprint density at radius 2 is 1.74 bits per heavy atom. The first kappa shape index (κ1) is 19.5. The molecular weight excluding hydrogens is 411 g/mol. The molecular formula is C21H22BrFN2O2. The molecule has 0 radical (unpaired) electrons. The first-order valence-corrected chi connectivity index (χ1v) is 9.80. The summed E-state index contributed by atoms with van der Waals surface area (Å²) in [6, 6.07) is 13.8. The van der Waals surface area contributed by atoms with E-state index in [2.05, 4.69) is 21.2 Å². The van der Waals surface area contributed by atoms with Gasteiger partial charge in [0.2, 0.25) is 11.8 Å². The van der Waals surface area contributed by atoms with Crippen molar-refractivity contribution in [2.45, 2.75) is 31.7 Å². The Balaban J connectivity index is 1.60. The van der Waals surface area contributed by atoms with Crippen LogP contribution in [0.15, 0.2) is 53.0 Å². The number of benzene rings is 2. The van der Waals surface area contributed by atoms with Gasteiger partial charge < -0.3 is 10.2 Å². The van der Waals surface area contributed by atoms with Crippen LogP contribution >= 0.6 is 15.9 Å². The minimum atomic E-state index is -0.492. The molecule has 27 heavy (non-hydrogen) atoms. The van der Waals surface area contributed by atoms with Crippen LogP contribution in [0.25, 0.3) is 0 Å². The zero-order valence-corrected chi connectivity index (χ0v) is 16.8. The fourth-order valence-corrected chi connectivity index (χ4v) is 3.45. The third kappa shape index (κ3) is 4.56. The summed E-state index contributed by atoms with van der Waals surface area (Å²) in [7, 11) is 0. The third-order valence-corrected chi connectivity index (χ3v) is 5.49. The first-order chi connectivity index (χ1) is 12.9. The van der Waals surface area contributed by atoms with E-state index in [1.165, 1.54) is 12.1 Å². The Morgan fingerprint density at radius 3 is 2.30 bits per heavy atom. The SMILES string of the molecule is CCN(CC(=O)NCc1ccc(F)cc1)C(=O)C1(c2ccc(Br)cc2)CC1. The zero-order chi connectivity index (χ0) is 19.4. The second-order valence-electron chi connectivity index (χ2n) is 6.81. The van der Waals surface area contributed by atoms with E-state index in [-0.39, 0.29) is 24.2 Å². The maximum Gasteiger partial charge on any atom is 0.239 e. The highest BCUT2D eigenvalue weighted by atomic mass is 79.9. The van der Waals surface area contributed by atoms with Crippen molar-refractivity contribution in [3.63, 3.8) is 0 Å². The predicted octanol–water partition coefficient (Wildman–Crippen LogP) is 3.78. The number of carbonyl (C=O) groups is 2. The molecule has 0 aliphatic heterocycles. The molecule has 2 amide bonds. The van der Waals surface area contributed by atoms with Crippen molar-refractivity contribution < 1.29 is 14.0 Å². The van der Waals surface area contributed by atoms with Gasteiger partial charge in [0, 0.05) is 17.6 Å². The summed E-state index contributed by atoms with van der Waals surface area (Å²) in [5.41, 5.74) is 1.32.